The summed E-state index contributed by atoms with van der Waals surface area (Å²) in [6.45, 7) is 1.71. The lowest BCUT2D eigenvalue weighted by Crippen LogP contribution is -2.30. The smallest absolute Gasteiger partial charge is 0.471 e. The summed E-state index contributed by atoms with van der Waals surface area (Å²) in [6.07, 6.45) is -4.76. The van der Waals surface area contributed by atoms with Crippen molar-refractivity contribution in [2.24, 2.45) is 0 Å². The minimum absolute atomic E-state index is 0.168. The lowest BCUT2D eigenvalue weighted by Gasteiger charge is -2.16. The van der Waals surface area contributed by atoms with Crippen LogP contribution in [0.15, 0.2) is 42.5 Å². The Kier molecular flexibility index (Phi) is 5.68. The van der Waals surface area contributed by atoms with Gasteiger partial charge in [-0.1, -0.05) is 55.2 Å². The van der Waals surface area contributed by atoms with Gasteiger partial charge in [-0.15, -0.1) is 0 Å². The van der Waals surface area contributed by atoms with Crippen molar-refractivity contribution in [2.45, 2.75) is 19.5 Å². The van der Waals surface area contributed by atoms with E-state index in [9.17, 15) is 27.9 Å². The van der Waals surface area contributed by atoms with Crippen LogP contribution in [0.3, 0.4) is 0 Å². The normalized spacial score (nSPS) is 10.6. The molecule has 0 saturated carbocycles. The number of aromatic carboxylic acids is 1. The summed E-state index contributed by atoms with van der Waals surface area (Å²) >= 11 is 0. The van der Waals surface area contributed by atoms with Gasteiger partial charge in [0, 0.05) is 12.0 Å². The van der Waals surface area contributed by atoms with Gasteiger partial charge in [0.15, 0.2) is 0 Å². The third kappa shape index (κ3) is 4.22. The Balaban J connectivity index is 2.76. The zero-order valence-electron chi connectivity index (χ0n) is 13.6. The summed E-state index contributed by atoms with van der Waals surface area (Å²) in [5.41, 5.74) is 0.0239. The Hall–Kier alpha value is -3.27. The molecule has 0 unspecified atom stereocenters. The molecule has 26 heavy (non-hydrogen) atoms. The summed E-state index contributed by atoms with van der Waals surface area (Å²) in [5, 5.41) is 11.1. The quantitative estimate of drug-likeness (QED) is 0.801. The van der Waals surface area contributed by atoms with Crippen LogP contribution in [0, 0.1) is 11.8 Å². The Morgan fingerprint density at radius 3 is 2.31 bits per heavy atom. The third-order valence-electron chi connectivity index (χ3n) is 3.41. The molecule has 0 atom stereocenters. The van der Waals surface area contributed by atoms with Crippen molar-refractivity contribution in [1.82, 2.24) is 0 Å². The number of carboxylic acids is 1. The zero-order valence-corrected chi connectivity index (χ0v) is 13.6. The number of hydrogen-bond donors (Lipinski definition) is 2. The first-order valence-corrected chi connectivity index (χ1v) is 7.58. The van der Waals surface area contributed by atoms with Gasteiger partial charge < -0.3 is 10.4 Å². The van der Waals surface area contributed by atoms with Crippen LogP contribution in [0.2, 0.25) is 0 Å². The number of alkyl halides is 3. The monoisotopic (exact) mass is 361 g/mol. The van der Waals surface area contributed by atoms with E-state index in [4.69, 9.17) is 0 Å². The highest BCUT2D eigenvalue weighted by Crippen LogP contribution is 2.34. The average molecular weight is 361 g/mol. The molecule has 2 aromatic rings. The number of halogens is 3. The molecular weight excluding hydrogens is 347 g/mol. The van der Waals surface area contributed by atoms with E-state index < -0.39 is 18.1 Å². The van der Waals surface area contributed by atoms with Crippen molar-refractivity contribution in [3.8, 4) is 23.0 Å². The fourth-order valence-electron chi connectivity index (χ4n) is 2.26. The second kappa shape index (κ2) is 7.74. The van der Waals surface area contributed by atoms with Crippen molar-refractivity contribution >= 4 is 17.6 Å². The SMILES string of the molecule is CCC#Cc1c(C(=O)O)ccc(-c2ccccc2)c1NC(=O)C(F)(F)F. The van der Waals surface area contributed by atoms with Gasteiger partial charge >= 0.3 is 18.1 Å². The van der Waals surface area contributed by atoms with Gasteiger partial charge in [-0.25, -0.2) is 4.79 Å². The Morgan fingerprint density at radius 1 is 1.12 bits per heavy atom. The Morgan fingerprint density at radius 2 is 1.77 bits per heavy atom. The zero-order chi connectivity index (χ0) is 19.3. The first kappa shape index (κ1) is 19.1. The highest BCUT2D eigenvalue weighted by Gasteiger charge is 2.39. The molecule has 0 aliphatic rings. The van der Waals surface area contributed by atoms with E-state index in [-0.39, 0.29) is 22.4 Å². The fourth-order valence-corrected chi connectivity index (χ4v) is 2.26. The van der Waals surface area contributed by atoms with Crippen LogP contribution in [0.5, 0.6) is 0 Å². The van der Waals surface area contributed by atoms with Crippen LogP contribution in [0.4, 0.5) is 18.9 Å². The van der Waals surface area contributed by atoms with Gasteiger partial charge in [0.1, 0.15) is 0 Å². The highest BCUT2D eigenvalue weighted by molar-refractivity contribution is 6.04. The minimum Gasteiger partial charge on any atom is -0.478 e. The lowest BCUT2D eigenvalue weighted by molar-refractivity contribution is -0.167. The second-order valence-corrected chi connectivity index (χ2v) is 5.19. The fraction of sp³-hybridized carbons (Fsp3) is 0.158. The molecule has 0 saturated heterocycles. The molecule has 2 aromatic carbocycles. The number of amides is 1. The topological polar surface area (TPSA) is 66.4 Å². The number of benzene rings is 2. The number of hydrogen-bond acceptors (Lipinski definition) is 2. The molecule has 1 amide bonds. The first-order chi connectivity index (χ1) is 12.3. The molecule has 0 bridgehead atoms. The maximum atomic E-state index is 12.7. The molecule has 0 aliphatic heterocycles. The molecule has 0 aromatic heterocycles. The largest absolute Gasteiger partial charge is 0.478 e. The maximum Gasteiger partial charge on any atom is 0.471 e. The minimum atomic E-state index is -5.12. The predicted molar refractivity (Wildman–Crippen MR) is 90.7 cm³/mol. The lowest BCUT2D eigenvalue weighted by atomic mass is 9.95. The van der Waals surface area contributed by atoms with Crippen molar-refractivity contribution in [2.75, 3.05) is 5.32 Å². The average Bonchev–Trinajstić information content (AvgIpc) is 2.59. The molecule has 7 heteroatoms. The van der Waals surface area contributed by atoms with Crippen LogP contribution in [-0.4, -0.2) is 23.2 Å². The molecule has 2 rings (SSSR count). The first-order valence-electron chi connectivity index (χ1n) is 7.58. The van der Waals surface area contributed by atoms with Gasteiger partial charge in [-0.05, 0) is 11.6 Å². The Labute approximate surface area is 147 Å². The van der Waals surface area contributed by atoms with Crippen LogP contribution in [0.1, 0.15) is 29.3 Å². The van der Waals surface area contributed by atoms with E-state index >= 15 is 0 Å². The molecule has 134 valence electrons. The molecule has 0 heterocycles. The second-order valence-electron chi connectivity index (χ2n) is 5.19. The third-order valence-corrected chi connectivity index (χ3v) is 3.41. The molecule has 2 N–H and O–H groups in total. The summed E-state index contributed by atoms with van der Waals surface area (Å²) in [4.78, 5) is 23.0. The van der Waals surface area contributed by atoms with Crippen LogP contribution in [-0.2, 0) is 4.79 Å². The Bertz CT molecular complexity index is 894. The van der Waals surface area contributed by atoms with Gasteiger partial charge in [0.2, 0.25) is 0 Å². The van der Waals surface area contributed by atoms with E-state index in [0.29, 0.717) is 12.0 Å². The highest BCUT2D eigenvalue weighted by atomic mass is 19.4. The molecule has 0 fully saturated rings. The van der Waals surface area contributed by atoms with Crippen molar-refractivity contribution in [3.05, 3.63) is 53.6 Å². The van der Waals surface area contributed by atoms with Gasteiger partial charge in [-0.2, -0.15) is 13.2 Å². The number of anilines is 1. The maximum absolute atomic E-state index is 12.7. The standard InChI is InChI=1S/C19H14F3NO3/c1-2-3-9-14-15(17(24)25)11-10-13(12-7-5-4-6-8-12)16(14)23-18(26)19(20,21)22/h4-8,10-11H,2H2,1H3,(H,23,26)(H,24,25). The van der Waals surface area contributed by atoms with Crippen LogP contribution < -0.4 is 5.32 Å². The summed E-state index contributed by atoms with van der Waals surface area (Å²) < 4.78 is 38.2. The molecular formula is C19H14F3NO3. The van der Waals surface area contributed by atoms with E-state index in [1.54, 1.807) is 42.6 Å². The summed E-state index contributed by atoms with van der Waals surface area (Å²) in [5.74, 6) is 1.66. The van der Waals surface area contributed by atoms with E-state index in [1.165, 1.54) is 12.1 Å². The molecule has 0 spiro atoms. The number of nitrogens with one attached hydrogen (secondary N) is 1. The van der Waals surface area contributed by atoms with Gasteiger partial charge in [-0.3, -0.25) is 4.79 Å². The molecule has 0 radical (unpaired) electrons. The molecule has 0 aliphatic carbocycles. The van der Waals surface area contributed by atoms with Crippen molar-refractivity contribution < 1.29 is 27.9 Å². The summed E-state index contributed by atoms with van der Waals surface area (Å²) in [7, 11) is 0. The number of carbonyl (C=O) groups is 2. The summed E-state index contributed by atoms with van der Waals surface area (Å²) in [6, 6.07) is 10.9. The van der Waals surface area contributed by atoms with Crippen LogP contribution >= 0.6 is 0 Å². The molecule has 4 nitrogen and oxygen atoms in total. The van der Waals surface area contributed by atoms with Crippen molar-refractivity contribution in [3.63, 3.8) is 0 Å². The van der Waals surface area contributed by atoms with E-state index in [0.717, 1.165) is 0 Å². The van der Waals surface area contributed by atoms with Gasteiger partial charge in [0.05, 0.1) is 16.8 Å². The number of carboxylic acid groups (broad SMARTS) is 1. The van der Waals surface area contributed by atoms with E-state index in [2.05, 4.69) is 11.8 Å². The van der Waals surface area contributed by atoms with Crippen LogP contribution in [0.25, 0.3) is 11.1 Å². The number of carbonyl (C=O) groups excluding carboxylic acids is 1. The van der Waals surface area contributed by atoms with Crippen molar-refractivity contribution in [1.29, 1.82) is 0 Å². The number of rotatable bonds is 3. The van der Waals surface area contributed by atoms with E-state index in [1.807, 2.05) is 0 Å². The predicted octanol–water partition coefficient (Wildman–Crippen LogP) is 4.31. The van der Waals surface area contributed by atoms with Gasteiger partial charge in [0.25, 0.3) is 0 Å².